The average Bonchev–Trinajstić information content (AvgIpc) is 2.37. The molecule has 19 heavy (non-hydrogen) atoms. The van der Waals surface area contributed by atoms with Crippen molar-refractivity contribution in [2.45, 2.75) is 12.7 Å². The lowest BCUT2D eigenvalue weighted by Gasteiger charge is -2.14. The Balaban J connectivity index is 2.76. The quantitative estimate of drug-likeness (QED) is 0.355. The van der Waals surface area contributed by atoms with Crippen LogP contribution in [0.15, 0.2) is 16.6 Å². The van der Waals surface area contributed by atoms with Crippen molar-refractivity contribution in [3.63, 3.8) is 0 Å². The number of hydrogen-bond acceptors (Lipinski definition) is 6. The SMILES string of the molecule is COC(CCOc1cc(Br)cc([N+](=O)[O-])c1N)OC. The molecule has 0 aliphatic carbocycles. The van der Waals surface area contributed by atoms with E-state index in [-0.39, 0.29) is 30.0 Å². The summed E-state index contributed by atoms with van der Waals surface area (Å²) >= 11 is 3.17. The van der Waals surface area contributed by atoms with Gasteiger partial charge in [0, 0.05) is 31.2 Å². The largest absolute Gasteiger partial charge is 0.491 e. The number of nitrogens with zero attached hydrogens (tertiary/aromatic N) is 1. The van der Waals surface area contributed by atoms with Gasteiger partial charge in [0.15, 0.2) is 12.0 Å². The van der Waals surface area contributed by atoms with Crippen molar-refractivity contribution in [2.75, 3.05) is 26.6 Å². The second-order valence-corrected chi connectivity index (χ2v) is 4.55. The van der Waals surface area contributed by atoms with Crippen LogP contribution >= 0.6 is 15.9 Å². The van der Waals surface area contributed by atoms with E-state index >= 15 is 0 Å². The third-order valence-corrected chi connectivity index (χ3v) is 2.88. The molecule has 0 saturated carbocycles. The van der Waals surface area contributed by atoms with Crippen LogP contribution in [0.3, 0.4) is 0 Å². The maximum atomic E-state index is 10.8. The fourth-order valence-electron chi connectivity index (χ4n) is 1.45. The van der Waals surface area contributed by atoms with Gasteiger partial charge in [-0.1, -0.05) is 15.9 Å². The molecule has 0 atom stereocenters. The van der Waals surface area contributed by atoms with E-state index in [4.69, 9.17) is 19.9 Å². The summed E-state index contributed by atoms with van der Waals surface area (Å²) in [7, 11) is 3.04. The summed E-state index contributed by atoms with van der Waals surface area (Å²) in [4.78, 5) is 10.3. The smallest absolute Gasteiger partial charge is 0.297 e. The highest BCUT2D eigenvalue weighted by Crippen LogP contribution is 2.35. The molecular formula is C11H15BrN2O5. The Labute approximate surface area is 118 Å². The van der Waals surface area contributed by atoms with Gasteiger partial charge in [0.2, 0.25) is 0 Å². The van der Waals surface area contributed by atoms with E-state index in [0.717, 1.165) is 0 Å². The molecule has 0 unspecified atom stereocenters. The number of nitrogens with two attached hydrogens (primary N) is 1. The van der Waals surface area contributed by atoms with Crippen LogP contribution in [0.4, 0.5) is 11.4 Å². The van der Waals surface area contributed by atoms with E-state index in [9.17, 15) is 10.1 Å². The van der Waals surface area contributed by atoms with Gasteiger partial charge in [0.05, 0.1) is 11.5 Å². The van der Waals surface area contributed by atoms with Gasteiger partial charge < -0.3 is 19.9 Å². The first-order chi connectivity index (χ1) is 8.99. The summed E-state index contributed by atoms with van der Waals surface area (Å²) in [5, 5.41) is 10.8. The number of nitro benzene ring substituents is 1. The molecule has 1 aromatic carbocycles. The first-order valence-corrected chi connectivity index (χ1v) is 6.20. The maximum absolute atomic E-state index is 10.8. The Kier molecular flexibility index (Phi) is 6.00. The first kappa shape index (κ1) is 15.7. The van der Waals surface area contributed by atoms with E-state index in [2.05, 4.69) is 15.9 Å². The normalized spacial score (nSPS) is 10.7. The Bertz CT molecular complexity index is 451. The van der Waals surface area contributed by atoms with Crippen LogP contribution in [0.25, 0.3) is 0 Å². The van der Waals surface area contributed by atoms with Gasteiger partial charge in [0.1, 0.15) is 5.75 Å². The summed E-state index contributed by atoms with van der Waals surface area (Å²) in [6.45, 7) is 0.268. The summed E-state index contributed by atoms with van der Waals surface area (Å²) < 4.78 is 16.0. The number of rotatable bonds is 7. The fraction of sp³-hybridized carbons (Fsp3) is 0.455. The summed E-state index contributed by atoms with van der Waals surface area (Å²) in [6, 6.07) is 2.91. The van der Waals surface area contributed by atoms with Gasteiger partial charge in [-0.05, 0) is 6.07 Å². The maximum Gasteiger partial charge on any atom is 0.297 e. The molecule has 7 nitrogen and oxygen atoms in total. The lowest BCUT2D eigenvalue weighted by molar-refractivity contribution is -0.384. The molecule has 0 amide bonds. The van der Waals surface area contributed by atoms with Crippen molar-refractivity contribution in [1.82, 2.24) is 0 Å². The van der Waals surface area contributed by atoms with Crippen molar-refractivity contribution < 1.29 is 19.1 Å². The van der Waals surface area contributed by atoms with E-state index in [0.29, 0.717) is 10.9 Å². The number of benzene rings is 1. The number of methoxy groups -OCH3 is 2. The molecule has 1 rings (SSSR count). The van der Waals surface area contributed by atoms with Crippen molar-refractivity contribution in [3.8, 4) is 5.75 Å². The number of nitrogen functional groups attached to an aromatic ring is 1. The Morgan fingerprint density at radius 3 is 2.58 bits per heavy atom. The Morgan fingerprint density at radius 1 is 1.42 bits per heavy atom. The molecule has 106 valence electrons. The Morgan fingerprint density at radius 2 is 2.05 bits per heavy atom. The minimum atomic E-state index is -0.555. The number of hydrogen-bond donors (Lipinski definition) is 1. The highest BCUT2D eigenvalue weighted by atomic mass is 79.9. The van der Waals surface area contributed by atoms with Crippen molar-refractivity contribution in [2.24, 2.45) is 0 Å². The number of ether oxygens (including phenoxy) is 3. The number of nitro groups is 1. The van der Waals surface area contributed by atoms with E-state index in [1.54, 1.807) is 6.07 Å². The van der Waals surface area contributed by atoms with Gasteiger partial charge >= 0.3 is 0 Å². The van der Waals surface area contributed by atoms with Crippen LogP contribution in [0.1, 0.15) is 6.42 Å². The van der Waals surface area contributed by atoms with Crippen LogP contribution in [-0.4, -0.2) is 32.0 Å². The predicted molar refractivity (Wildman–Crippen MR) is 73.1 cm³/mol. The molecule has 0 aromatic heterocycles. The standard InChI is InChI=1S/C11H15BrN2O5/c1-17-10(18-2)3-4-19-9-6-7(12)5-8(11(9)13)14(15)16/h5-6,10H,3-4,13H2,1-2H3. The lowest BCUT2D eigenvalue weighted by Crippen LogP contribution is -2.17. The third-order valence-electron chi connectivity index (χ3n) is 2.42. The van der Waals surface area contributed by atoms with Gasteiger partial charge in [-0.15, -0.1) is 0 Å². The van der Waals surface area contributed by atoms with Gasteiger partial charge in [-0.25, -0.2) is 0 Å². The van der Waals surface area contributed by atoms with Crippen LogP contribution in [0.2, 0.25) is 0 Å². The topological polar surface area (TPSA) is 96.8 Å². The Hall–Kier alpha value is -1.38. The third kappa shape index (κ3) is 4.34. The van der Waals surface area contributed by atoms with E-state index in [1.807, 2.05) is 0 Å². The van der Waals surface area contributed by atoms with E-state index < -0.39 is 4.92 Å². The molecule has 8 heteroatoms. The average molecular weight is 335 g/mol. The van der Waals surface area contributed by atoms with Crippen LogP contribution in [0.5, 0.6) is 5.75 Å². The van der Waals surface area contributed by atoms with Gasteiger partial charge in [-0.3, -0.25) is 10.1 Å². The molecule has 0 heterocycles. The van der Waals surface area contributed by atoms with Crippen molar-refractivity contribution >= 4 is 27.3 Å². The molecule has 0 bridgehead atoms. The minimum Gasteiger partial charge on any atom is -0.491 e. The zero-order valence-corrected chi connectivity index (χ0v) is 12.2. The monoisotopic (exact) mass is 334 g/mol. The molecule has 0 spiro atoms. The summed E-state index contributed by atoms with van der Waals surface area (Å²) in [5.74, 6) is 0.257. The molecule has 2 N–H and O–H groups in total. The van der Waals surface area contributed by atoms with E-state index in [1.165, 1.54) is 20.3 Å². The molecular weight excluding hydrogens is 320 g/mol. The van der Waals surface area contributed by atoms with Crippen LogP contribution < -0.4 is 10.5 Å². The first-order valence-electron chi connectivity index (χ1n) is 5.41. The number of halogens is 1. The molecule has 0 aliphatic heterocycles. The molecule has 0 radical (unpaired) electrons. The zero-order valence-electron chi connectivity index (χ0n) is 10.6. The van der Waals surface area contributed by atoms with Crippen LogP contribution in [-0.2, 0) is 9.47 Å². The minimum absolute atomic E-state index is 0.000385. The van der Waals surface area contributed by atoms with Crippen LogP contribution in [0, 0.1) is 10.1 Å². The van der Waals surface area contributed by atoms with Crippen molar-refractivity contribution in [3.05, 3.63) is 26.7 Å². The lowest BCUT2D eigenvalue weighted by atomic mass is 10.2. The molecule has 0 saturated heterocycles. The highest BCUT2D eigenvalue weighted by Gasteiger charge is 2.18. The summed E-state index contributed by atoms with van der Waals surface area (Å²) in [5.41, 5.74) is 5.49. The molecule has 0 fully saturated rings. The van der Waals surface area contributed by atoms with Crippen molar-refractivity contribution in [1.29, 1.82) is 0 Å². The zero-order chi connectivity index (χ0) is 14.4. The number of anilines is 1. The second-order valence-electron chi connectivity index (χ2n) is 3.63. The molecule has 0 aliphatic rings. The predicted octanol–water partition coefficient (Wildman–Crippen LogP) is 2.33. The van der Waals surface area contributed by atoms with Gasteiger partial charge in [-0.2, -0.15) is 0 Å². The fourth-order valence-corrected chi connectivity index (χ4v) is 1.87. The molecule has 1 aromatic rings. The van der Waals surface area contributed by atoms with Gasteiger partial charge in [0.25, 0.3) is 5.69 Å². The second kappa shape index (κ2) is 7.27. The highest BCUT2D eigenvalue weighted by molar-refractivity contribution is 9.10. The summed E-state index contributed by atoms with van der Waals surface area (Å²) in [6.07, 6.45) is 0.0931.